The fourth-order valence-corrected chi connectivity index (χ4v) is 2.78. The molecule has 1 amide bonds. The molecule has 9 heteroatoms. The van der Waals surface area contributed by atoms with Crippen molar-refractivity contribution in [1.82, 2.24) is 4.98 Å². The predicted molar refractivity (Wildman–Crippen MR) is 102 cm³/mol. The quantitative estimate of drug-likeness (QED) is 0.493. The first kappa shape index (κ1) is 19.9. The van der Waals surface area contributed by atoms with E-state index in [1.807, 2.05) is 0 Å². The Labute approximate surface area is 162 Å². The Hall–Kier alpha value is -3.88. The van der Waals surface area contributed by atoms with Gasteiger partial charge in [-0.15, -0.1) is 0 Å². The number of rotatable bonds is 5. The number of carbonyl (C=O) groups is 1. The maximum absolute atomic E-state index is 14.3. The summed E-state index contributed by atoms with van der Waals surface area (Å²) in [7, 11) is 0. The van der Waals surface area contributed by atoms with Crippen LogP contribution in [0.25, 0.3) is 0 Å². The second-order valence-electron chi connectivity index (χ2n) is 6.21. The Kier molecular flexibility index (Phi) is 5.22. The summed E-state index contributed by atoms with van der Waals surface area (Å²) in [5.41, 5.74) is 2.78. The van der Waals surface area contributed by atoms with E-state index in [1.54, 1.807) is 0 Å². The van der Waals surface area contributed by atoms with Crippen LogP contribution in [-0.2, 0) is 0 Å². The summed E-state index contributed by atoms with van der Waals surface area (Å²) < 4.78 is 42.5. The summed E-state index contributed by atoms with van der Waals surface area (Å²) in [6, 6.07) is 6.34. The number of hydrogen-bond acceptors (Lipinski definition) is 4. The highest BCUT2D eigenvalue weighted by atomic mass is 19.1. The number of anilines is 2. The standard InChI is InChI=1S/C20H15F3N4O2/c1-9-8-26-20(29)15(17(9)27-18-13(22)3-2-4-14(18)23)16(24)11-7-10(19(25)28)5-6-12(11)21/h2-8,24H,1H3,(H2,25,28)(H2,26,27,29). The molecule has 1 aromatic heterocycles. The number of benzene rings is 2. The Morgan fingerprint density at radius 3 is 2.34 bits per heavy atom. The van der Waals surface area contributed by atoms with Crippen molar-refractivity contribution in [2.24, 2.45) is 5.73 Å². The highest BCUT2D eigenvalue weighted by molar-refractivity contribution is 6.15. The summed E-state index contributed by atoms with van der Waals surface area (Å²) in [4.78, 5) is 26.2. The zero-order valence-corrected chi connectivity index (χ0v) is 15.1. The Morgan fingerprint density at radius 2 is 1.72 bits per heavy atom. The highest BCUT2D eigenvalue weighted by Gasteiger charge is 2.22. The van der Waals surface area contributed by atoms with E-state index in [1.165, 1.54) is 19.2 Å². The number of para-hydroxylation sites is 1. The topological polar surface area (TPSA) is 112 Å². The average Bonchev–Trinajstić information content (AvgIpc) is 2.67. The molecule has 3 aromatic rings. The van der Waals surface area contributed by atoms with Crippen molar-refractivity contribution in [3.63, 3.8) is 0 Å². The number of H-pyrrole nitrogens is 1. The van der Waals surface area contributed by atoms with Crippen LogP contribution in [0.15, 0.2) is 47.4 Å². The van der Waals surface area contributed by atoms with Crippen molar-refractivity contribution in [3.8, 4) is 0 Å². The second kappa shape index (κ2) is 7.63. The molecule has 0 aliphatic carbocycles. The van der Waals surface area contributed by atoms with Crippen LogP contribution in [-0.4, -0.2) is 16.6 Å². The first-order chi connectivity index (χ1) is 13.7. The number of nitrogens with two attached hydrogens (primary N) is 1. The minimum atomic E-state index is -0.913. The third-order valence-corrected chi connectivity index (χ3v) is 4.27. The van der Waals surface area contributed by atoms with Crippen LogP contribution in [0, 0.1) is 29.8 Å². The number of pyridine rings is 1. The van der Waals surface area contributed by atoms with E-state index in [0.717, 1.165) is 30.3 Å². The maximum atomic E-state index is 14.3. The normalized spacial score (nSPS) is 10.6. The molecule has 3 rings (SSSR count). The van der Waals surface area contributed by atoms with Gasteiger partial charge < -0.3 is 16.0 Å². The third-order valence-electron chi connectivity index (χ3n) is 4.27. The van der Waals surface area contributed by atoms with E-state index in [2.05, 4.69) is 10.3 Å². The molecule has 0 bridgehead atoms. The number of aromatic amines is 1. The molecule has 0 aliphatic rings. The van der Waals surface area contributed by atoms with Gasteiger partial charge in [-0.2, -0.15) is 0 Å². The van der Waals surface area contributed by atoms with Crippen LogP contribution in [0.3, 0.4) is 0 Å². The van der Waals surface area contributed by atoms with Gasteiger partial charge in [0, 0.05) is 17.3 Å². The molecule has 6 nitrogen and oxygen atoms in total. The van der Waals surface area contributed by atoms with Crippen molar-refractivity contribution in [2.75, 3.05) is 5.32 Å². The molecule has 29 heavy (non-hydrogen) atoms. The van der Waals surface area contributed by atoms with E-state index in [9.17, 15) is 22.8 Å². The summed E-state index contributed by atoms with van der Waals surface area (Å²) in [6.07, 6.45) is 1.29. The largest absolute Gasteiger partial charge is 0.366 e. The van der Waals surface area contributed by atoms with Crippen molar-refractivity contribution >= 4 is 23.0 Å². The molecule has 0 saturated carbocycles. The maximum Gasteiger partial charge on any atom is 0.259 e. The lowest BCUT2D eigenvalue weighted by Crippen LogP contribution is -2.23. The predicted octanol–water partition coefficient (Wildman–Crippen LogP) is 3.36. The molecule has 0 fully saturated rings. The molecule has 0 saturated heterocycles. The molecule has 0 spiro atoms. The number of hydrogen-bond donors (Lipinski definition) is 4. The van der Waals surface area contributed by atoms with E-state index in [0.29, 0.717) is 5.56 Å². The Bertz CT molecular complexity index is 1180. The monoisotopic (exact) mass is 400 g/mol. The van der Waals surface area contributed by atoms with Gasteiger partial charge in [0.2, 0.25) is 5.91 Å². The number of carbonyl (C=O) groups excluding carboxylic acids is 1. The lowest BCUT2D eigenvalue weighted by atomic mass is 9.98. The Morgan fingerprint density at radius 1 is 1.07 bits per heavy atom. The van der Waals surface area contributed by atoms with Crippen molar-refractivity contribution in [1.29, 1.82) is 5.41 Å². The number of amides is 1. The fourth-order valence-electron chi connectivity index (χ4n) is 2.78. The minimum Gasteiger partial charge on any atom is -0.366 e. The van der Waals surface area contributed by atoms with Crippen LogP contribution in [0.5, 0.6) is 0 Å². The van der Waals surface area contributed by atoms with Crippen LogP contribution in [0.2, 0.25) is 0 Å². The van der Waals surface area contributed by atoms with Crippen LogP contribution in [0.4, 0.5) is 24.5 Å². The molecular weight excluding hydrogens is 385 g/mol. The van der Waals surface area contributed by atoms with E-state index in [-0.39, 0.29) is 22.4 Å². The highest BCUT2D eigenvalue weighted by Crippen LogP contribution is 2.28. The lowest BCUT2D eigenvalue weighted by molar-refractivity contribution is 0.1000. The van der Waals surface area contributed by atoms with Gasteiger partial charge in [0.15, 0.2) is 0 Å². The molecule has 0 radical (unpaired) electrons. The van der Waals surface area contributed by atoms with Gasteiger partial charge in [0.05, 0.1) is 17.0 Å². The molecular formula is C20H15F3N4O2. The molecule has 5 N–H and O–H groups in total. The van der Waals surface area contributed by atoms with Gasteiger partial charge in [-0.1, -0.05) is 6.07 Å². The van der Waals surface area contributed by atoms with Crippen LogP contribution in [0.1, 0.15) is 27.0 Å². The number of primary amides is 1. The molecule has 0 atom stereocenters. The van der Waals surface area contributed by atoms with Crippen LogP contribution >= 0.6 is 0 Å². The summed E-state index contributed by atoms with van der Waals surface area (Å²) in [5.74, 6) is -3.54. The van der Waals surface area contributed by atoms with Crippen molar-refractivity contribution < 1.29 is 18.0 Å². The van der Waals surface area contributed by atoms with E-state index >= 15 is 0 Å². The van der Waals surface area contributed by atoms with Gasteiger partial charge in [-0.25, -0.2) is 13.2 Å². The first-order valence-electron chi connectivity index (χ1n) is 8.32. The van der Waals surface area contributed by atoms with Crippen molar-refractivity contribution in [3.05, 3.63) is 92.7 Å². The zero-order valence-electron chi connectivity index (χ0n) is 15.1. The molecule has 148 valence electrons. The van der Waals surface area contributed by atoms with Gasteiger partial charge in [0.1, 0.15) is 23.1 Å². The van der Waals surface area contributed by atoms with Crippen molar-refractivity contribution in [2.45, 2.75) is 6.92 Å². The van der Waals surface area contributed by atoms with E-state index < -0.39 is 40.3 Å². The lowest BCUT2D eigenvalue weighted by Gasteiger charge is -2.16. The van der Waals surface area contributed by atoms with Gasteiger partial charge in [-0.3, -0.25) is 15.0 Å². The summed E-state index contributed by atoms with van der Waals surface area (Å²) in [6.45, 7) is 1.53. The number of nitrogens with one attached hydrogen (secondary N) is 3. The van der Waals surface area contributed by atoms with Gasteiger partial charge >= 0.3 is 0 Å². The summed E-state index contributed by atoms with van der Waals surface area (Å²) >= 11 is 0. The average molecular weight is 400 g/mol. The summed E-state index contributed by atoms with van der Waals surface area (Å²) in [5, 5.41) is 10.9. The zero-order chi connectivity index (χ0) is 21.3. The van der Waals surface area contributed by atoms with Gasteiger partial charge in [0.25, 0.3) is 5.56 Å². The second-order valence-corrected chi connectivity index (χ2v) is 6.21. The van der Waals surface area contributed by atoms with E-state index in [4.69, 9.17) is 11.1 Å². The Balaban J connectivity index is 2.20. The molecule has 1 heterocycles. The van der Waals surface area contributed by atoms with Gasteiger partial charge in [-0.05, 0) is 42.8 Å². The smallest absolute Gasteiger partial charge is 0.259 e. The van der Waals surface area contributed by atoms with Crippen LogP contribution < -0.4 is 16.6 Å². The number of aryl methyl sites for hydroxylation is 1. The minimum absolute atomic E-state index is 0.0649. The molecule has 0 aliphatic heterocycles. The number of halogens is 3. The fraction of sp³-hybridized carbons (Fsp3) is 0.0500. The SMILES string of the molecule is Cc1c[nH]c(=O)c(C(=N)c2cc(C(N)=O)ccc2F)c1Nc1c(F)cccc1F. The first-order valence-corrected chi connectivity index (χ1v) is 8.32. The third kappa shape index (κ3) is 3.75. The molecule has 0 unspecified atom stereocenters. The number of aromatic nitrogens is 1. The molecule has 2 aromatic carbocycles.